The molecule has 2 aromatic heterocycles. The molecule has 112 valence electrons. The summed E-state index contributed by atoms with van der Waals surface area (Å²) in [5, 5.41) is 6.89. The summed E-state index contributed by atoms with van der Waals surface area (Å²) in [7, 11) is 0. The Bertz CT molecular complexity index is 640. The number of nitrogens with zero attached hydrogens (tertiary/aromatic N) is 3. The molecule has 0 bridgehead atoms. The van der Waals surface area contributed by atoms with Gasteiger partial charge in [-0.2, -0.15) is 4.98 Å². The summed E-state index contributed by atoms with van der Waals surface area (Å²) in [6.07, 6.45) is 0.513. The standard InChI is InChI=1S/C14H17ClN4O2/c1-8(2)11-6-10(7-12(15)18-11)14(20)16-5-4-13-17-9(3)21-19-13/h6-8H,4-5H2,1-3H3,(H,16,20). The Kier molecular flexibility index (Phi) is 4.90. The average Bonchev–Trinajstić information content (AvgIpc) is 2.83. The third-order valence-electron chi connectivity index (χ3n) is 2.87. The molecule has 1 amide bonds. The van der Waals surface area contributed by atoms with E-state index in [-0.39, 0.29) is 11.8 Å². The normalized spacial score (nSPS) is 10.9. The van der Waals surface area contributed by atoms with Crippen LogP contribution in [0.15, 0.2) is 16.7 Å². The predicted molar refractivity (Wildman–Crippen MR) is 78.4 cm³/mol. The van der Waals surface area contributed by atoms with Crippen LogP contribution >= 0.6 is 11.6 Å². The number of amides is 1. The number of hydrogen-bond acceptors (Lipinski definition) is 5. The van der Waals surface area contributed by atoms with Gasteiger partial charge in [0.25, 0.3) is 5.91 Å². The van der Waals surface area contributed by atoms with E-state index in [1.54, 1.807) is 19.1 Å². The molecule has 7 heteroatoms. The molecule has 1 N–H and O–H groups in total. The van der Waals surface area contributed by atoms with Gasteiger partial charge in [0.15, 0.2) is 5.82 Å². The predicted octanol–water partition coefficient (Wildman–Crippen LogP) is 2.52. The van der Waals surface area contributed by atoms with Crippen LogP contribution in [-0.2, 0) is 6.42 Å². The van der Waals surface area contributed by atoms with Crippen LogP contribution in [0, 0.1) is 6.92 Å². The summed E-state index contributed by atoms with van der Waals surface area (Å²) >= 11 is 5.95. The fourth-order valence-corrected chi connectivity index (χ4v) is 1.99. The Morgan fingerprint density at radius 3 is 2.76 bits per heavy atom. The molecule has 0 radical (unpaired) electrons. The number of carbonyl (C=O) groups is 1. The first kappa shape index (κ1) is 15.4. The lowest BCUT2D eigenvalue weighted by Crippen LogP contribution is -2.26. The van der Waals surface area contributed by atoms with Crippen LogP contribution in [-0.4, -0.2) is 27.6 Å². The van der Waals surface area contributed by atoms with Crippen molar-refractivity contribution in [3.05, 3.63) is 40.3 Å². The van der Waals surface area contributed by atoms with Gasteiger partial charge in [-0.3, -0.25) is 4.79 Å². The molecule has 6 nitrogen and oxygen atoms in total. The van der Waals surface area contributed by atoms with E-state index in [2.05, 4.69) is 20.4 Å². The minimum atomic E-state index is -0.193. The fraction of sp³-hybridized carbons (Fsp3) is 0.429. The summed E-state index contributed by atoms with van der Waals surface area (Å²) in [6.45, 7) is 6.15. The molecule has 0 saturated heterocycles. The number of hydrogen-bond donors (Lipinski definition) is 1. The van der Waals surface area contributed by atoms with Gasteiger partial charge < -0.3 is 9.84 Å². The van der Waals surface area contributed by atoms with E-state index < -0.39 is 0 Å². The van der Waals surface area contributed by atoms with Gasteiger partial charge in [-0.25, -0.2) is 4.98 Å². The number of pyridine rings is 1. The summed E-state index contributed by atoms with van der Waals surface area (Å²) in [6, 6.07) is 3.31. The summed E-state index contributed by atoms with van der Waals surface area (Å²) in [5.74, 6) is 1.10. The maximum atomic E-state index is 12.1. The van der Waals surface area contributed by atoms with Gasteiger partial charge in [-0.1, -0.05) is 30.6 Å². The Hall–Kier alpha value is -1.95. The van der Waals surface area contributed by atoms with Crippen LogP contribution in [0.25, 0.3) is 0 Å². The monoisotopic (exact) mass is 308 g/mol. The Morgan fingerprint density at radius 2 is 2.14 bits per heavy atom. The molecule has 0 aliphatic carbocycles. The highest BCUT2D eigenvalue weighted by Crippen LogP contribution is 2.17. The Morgan fingerprint density at radius 1 is 1.38 bits per heavy atom. The molecule has 0 unspecified atom stereocenters. The summed E-state index contributed by atoms with van der Waals surface area (Å²) in [4.78, 5) is 20.4. The topological polar surface area (TPSA) is 80.9 Å². The second kappa shape index (κ2) is 6.67. The fourth-order valence-electron chi connectivity index (χ4n) is 1.78. The molecule has 0 aliphatic rings. The minimum absolute atomic E-state index is 0.193. The van der Waals surface area contributed by atoms with Crippen molar-refractivity contribution >= 4 is 17.5 Å². The SMILES string of the molecule is Cc1nc(CCNC(=O)c2cc(Cl)nc(C(C)C)c2)no1. The quantitative estimate of drug-likeness (QED) is 0.858. The van der Waals surface area contributed by atoms with Crippen LogP contribution in [0.1, 0.15) is 47.5 Å². The van der Waals surface area contributed by atoms with Gasteiger partial charge in [0.05, 0.1) is 0 Å². The van der Waals surface area contributed by atoms with Gasteiger partial charge in [-0.15, -0.1) is 0 Å². The molecule has 0 atom stereocenters. The number of aromatic nitrogens is 3. The molecule has 0 saturated carbocycles. The number of rotatable bonds is 5. The van der Waals surface area contributed by atoms with Crippen molar-refractivity contribution in [3.63, 3.8) is 0 Å². The van der Waals surface area contributed by atoms with E-state index in [4.69, 9.17) is 16.1 Å². The highest BCUT2D eigenvalue weighted by molar-refractivity contribution is 6.29. The van der Waals surface area contributed by atoms with Crippen molar-refractivity contribution in [2.24, 2.45) is 0 Å². The highest BCUT2D eigenvalue weighted by Gasteiger charge is 2.11. The van der Waals surface area contributed by atoms with Crippen LogP contribution in [0.2, 0.25) is 5.15 Å². The lowest BCUT2D eigenvalue weighted by Gasteiger charge is -2.08. The van der Waals surface area contributed by atoms with E-state index in [1.165, 1.54) is 0 Å². The number of nitrogens with one attached hydrogen (secondary N) is 1. The zero-order valence-corrected chi connectivity index (χ0v) is 12.9. The molecule has 21 heavy (non-hydrogen) atoms. The van der Waals surface area contributed by atoms with Crippen molar-refractivity contribution in [2.75, 3.05) is 6.54 Å². The maximum Gasteiger partial charge on any atom is 0.251 e. The van der Waals surface area contributed by atoms with Gasteiger partial charge in [-0.05, 0) is 18.1 Å². The molecule has 2 aromatic rings. The zero-order chi connectivity index (χ0) is 15.4. The maximum absolute atomic E-state index is 12.1. The Labute approximate surface area is 127 Å². The van der Waals surface area contributed by atoms with Crippen LogP contribution in [0.5, 0.6) is 0 Å². The summed E-state index contributed by atoms with van der Waals surface area (Å²) < 4.78 is 4.86. The first-order valence-corrected chi connectivity index (χ1v) is 7.08. The number of aryl methyl sites for hydroxylation is 1. The van der Waals surface area contributed by atoms with E-state index in [0.29, 0.717) is 35.4 Å². The van der Waals surface area contributed by atoms with Crippen molar-refractivity contribution < 1.29 is 9.32 Å². The van der Waals surface area contributed by atoms with Gasteiger partial charge >= 0.3 is 0 Å². The van der Waals surface area contributed by atoms with E-state index in [0.717, 1.165) is 5.69 Å². The molecule has 2 heterocycles. The highest BCUT2D eigenvalue weighted by atomic mass is 35.5. The third-order valence-corrected chi connectivity index (χ3v) is 3.07. The van der Waals surface area contributed by atoms with Crippen molar-refractivity contribution in [3.8, 4) is 0 Å². The van der Waals surface area contributed by atoms with Crippen LogP contribution < -0.4 is 5.32 Å². The first-order chi connectivity index (χ1) is 9.95. The molecule has 0 aliphatic heterocycles. The molecule has 0 aromatic carbocycles. The smallest absolute Gasteiger partial charge is 0.251 e. The molecule has 0 spiro atoms. The van der Waals surface area contributed by atoms with Gasteiger partial charge in [0, 0.05) is 31.1 Å². The van der Waals surface area contributed by atoms with E-state index in [1.807, 2.05) is 13.8 Å². The van der Waals surface area contributed by atoms with E-state index in [9.17, 15) is 4.79 Å². The lowest BCUT2D eigenvalue weighted by atomic mass is 10.1. The molecule has 0 fully saturated rings. The molecular formula is C14H17ClN4O2. The van der Waals surface area contributed by atoms with Crippen LogP contribution in [0.4, 0.5) is 0 Å². The number of carbonyl (C=O) groups excluding carboxylic acids is 1. The largest absolute Gasteiger partial charge is 0.352 e. The average molecular weight is 309 g/mol. The minimum Gasteiger partial charge on any atom is -0.352 e. The second-order valence-corrected chi connectivity index (χ2v) is 5.38. The number of halogens is 1. The Balaban J connectivity index is 1.96. The van der Waals surface area contributed by atoms with Gasteiger partial charge in [0.1, 0.15) is 5.15 Å². The van der Waals surface area contributed by atoms with Crippen LogP contribution in [0.3, 0.4) is 0 Å². The summed E-state index contributed by atoms with van der Waals surface area (Å²) in [5.41, 5.74) is 1.30. The van der Waals surface area contributed by atoms with Gasteiger partial charge in [0.2, 0.25) is 5.89 Å². The van der Waals surface area contributed by atoms with Crippen molar-refractivity contribution in [1.82, 2.24) is 20.4 Å². The van der Waals surface area contributed by atoms with Crippen molar-refractivity contribution in [2.45, 2.75) is 33.1 Å². The molecule has 2 rings (SSSR count). The lowest BCUT2D eigenvalue weighted by molar-refractivity contribution is 0.0953. The zero-order valence-electron chi connectivity index (χ0n) is 12.2. The first-order valence-electron chi connectivity index (χ1n) is 6.70. The third kappa shape index (κ3) is 4.26. The second-order valence-electron chi connectivity index (χ2n) is 4.99. The van der Waals surface area contributed by atoms with Crippen molar-refractivity contribution in [1.29, 1.82) is 0 Å². The van der Waals surface area contributed by atoms with E-state index >= 15 is 0 Å². The molecular weight excluding hydrogens is 292 g/mol.